The zero-order valence-electron chi connectivity index (χ0n) is 11.2. The molecule has 0 bridgehead atoms. The summed E-state index contributed by atoms with van der Waals surface area (Å²) >= 11 is 5.97. The van der Waals surface area contributed by atoms with Crippen LogP contribution in [0.15, 0.2) is 18.2 Å². The molecule has 1 unspecified atom stereocenters. The molecule has 108 valence electrons. The van der Waals surface area contributed by atoms with E-state index in [1.54, 1.807) is 18.2 Å². The molecule has 1 fully saturated rings. The number of carbonyl (C=O) groups excluding carboxylic acids is 2. The summed E-state index contributed by atoms with van der Waals surface area (Å²) in [5.74, 6) is -1.32. The summed E-state index contributed by atoms with van der Waals surface area (Å²) < 4.78 is 0. The van der Waals surface area contributed by atoms with Gasteiger partial charge in [0.1, 0.15) is 0 Å². The maximum absolute atomic E-state index is 12.0. The Morgan fingerprint density at radius 3 is 2.90 bits per heavy atom. The van der Waals surface area contributed by atoms with Gasteiger partial charge in [-0.1, -0.05) is 17.7 Å². The molecule has 2 rings (SSSR count). The van der Waals surface area contributed by atoms with E-state index in [4.69, 9.17) is 11.6 Å². The molecule has 1 aromatic rings. The summed E-state index contributed by atoms with van der Waals surface area (Å²) in [6.07, 6.45) is 1.53. The Hall–Kier alpha value is -1.59. The van der Waals surface area contributed by atoms with E-state index >= 15 is 0 Å². The number of hydrogen-bond acceptors (Lipinski definition) is 3. The Labute approximate surface area is 122 Å². The molecule has 1 aliphatic heterocycles. The molecule has 2 amide bonds. The van der Waals surface area contributed by atoms with Gasteiger partial charge < -0.3 is 15.3 Å². The van der Waals surface area contributed by atoms with Crippen LogP contribution in [-0.4, -0.2) is 41.0 Å². The molecule has 0 saturated carbocycles. The third-order valence-electron chi connectivity index (χ3n) is 3.47. The number of anilines is 1. The van der Waals surface area contributed by atoms with Crippen LogP contribution in [0, 0.1) is 6.92 Å². The monoisotopic (exact) mass is 296 g/mol. The molecule has 0 aromatic heterocycles. The molecule has 6 heteroatoms. The van der Waals surface area contributed by atoms with Crippen molar-refractivity contribution in [2.45, 2.75) is 25.8 Å². The van der Waals surface area contributed by atoms with Crippen LogP contribution in [0.4, 0.5) is 5.69 Å². The number of aliphatic hydroxyl groups is 1. The molecule has 0 radical (unpaired) electrons. The molecule has 1 aromatic carbocycles. The molecule has 1 aliphatic rings. The van der Waals surface area contributed by atoms with Crippen molar-refractivity contribution in [3.8, 4) is 0 Å². The van der Waals surface area contributed by atoms with Crippen LogP contribution < -0.4 is 5.32 Å². The summed E-state index contributed by atoms with van der Waals surface area (Å²) in [5, 5.41) is 12.2. The van der Waals surface area contributed by atoms with Crippen LogP contribution in [-0.2, 0) is 9.59 Å². The number of carbonyl (C=O) groups is 2. The highest BCUT2D eigenvalue weighted by atomic mass is 35.5. The first kappa shape index (κ1) is 14.8. The Kier molecular flexibility index (Phi) is 4.62. The minimum atomic E-state index is -0.703. The lowest BCUT2D eigenvalue weighted by atomic mass is 10.2. The maximum Gasteiger partial charge on any atom is 0.313 e. The van der Waals surface area contributed by atoms with Gasteiger partial charge in [-0.2, -0.15) is 0 Å². The number of aliphatic hydroxyl groups excluding tert-OH is 1. The van der Waals surface area contributed by atoms with E-state index in [0.717, 1.165) is 18.4 Å². The zero-order chi connectivity index (χ0) is 14.7. The number of likely N-dealkylation sites (tertiary alicyclic amines) is 1. The second-order valence-electron chi connectivity index (χ2n) is 4.90. The van der Waals surface area contributed by atoms with Gasteiger partial charge in [0.15, 0.2) is 0 Å². The third kappa shape index (κ3) is 3.11. The zero-order valence-corrected chi connectivity index (χ0v) is 12.0. The minimum Gasteiger partial charge on any atom is -0.394 e. The summed E-state index contributed by atoms with van der Waals surface area (Å²) in [4.78, 5) is 25.4. The number of halogens is 1. The largest absolute Gasteiger partial charge is 0.394 e. The Balaban J connectivity index is 2.04. The summed E-state index contributed by atoms with van der Waals surface area (Å²) in [6, 6.07) is 4.82. The molecule has 0 spiro atoms. The van der Waals surface area contributed by atoms with E-state index in [1.807, 2.05) is 6.92 Å². The SMILES string of the molecule is Cc1ccc(NC(=O)C(=O)N2CCCC2CO)cc1Cl. The predicted octanol–water partition coefficient (Wildman–Crippen LogP) is 1.57. The first-order valence-electron chi connectivity index (χ1n) is 6.52. The fourth-order valence-electron chi connectivity index (χ4n) is 2.28. The Morgan fingerprint density at radius 2 is 2.25 bits per heavy atom. The molecular formula is C14H17ClN2O3. The van der Waals surface area contributed by atoms with Gasteiger partial charge in [0.25, 0.3) is 0 Å². The van der Waals surface area contributed by atoms with Gasteiger partial charge in [0, 0.05) is 17.3 Å². The summed E-state index contributed by atoms with van der Waals surface area (Å²) in [7, 11) is 0. The predicted molar refractivity (Wildman–Crippen MR) is 76.6 cm³/mol. The summed E-state index contributed by atoms with van der Waals surface area (Å²) in [6.45, 7) is 2.25. The van der Waals surface area contributed by atoms with Crippen LogP contribution in [0.25, 0.3) is 0 Å². The third-order valence-corrected chi connectivity index (χ3v) is 3.88. The molecule has 1 saturated heterocycles. The fourth-order valence-corrected chi connectivity index (χ4v) is 2.46. The van der Waals surface area contributed by atoms with Crippen molar-refractivity contribution in [2.24, 2.45) is 0 Å². The average Bonchev–Trinajstić information content (AvgIpc) is 2.90. The van der Waals surface area contributed by atoms with Crippen molar-refractivity contribution >= 4 is 29.1 Å². The van der Waals surface area contributed by atoms with Crippen LogP contribution >= 0.6 is 11.6 Å². The molecule has 0 aliphatic carbocycles. The number of amides is 2. The molecule has 1 atom stereocenters. The van der Waals surface area contributed by atoms with Crippen molar-refractivity contribution in [3.63, 3.8) is 0 Å². The molecule has 1 heterocycles. The van der Waals surface area contributed by atoms with E-state index in [1.165, 1.54) is 4.90 Å². The maximum atomic E-state index is 12.0. The quantitative estimate of drug-likeness (QED) is 0.814. The smallest absolute Gasteiger partial charge is 0.313 e. The standard InChI is InChI=1S/C14H17ClN2O3/c1-9-4-5-10(7-12(9)15)16-13(19)14(20)17-6-2-3-11(17)8-18/h4-5,7,11,18H,2-3,6,8H2,1H3,(H,16,19). The normalized spacial score (nSPS) is 18.1. The topological polar surface area (TPSA) is 69.6 Å². The second-order valence-corrected chi connectivity index (χ2v) is 5.30. The van der Waals surface area contributed by atoms with Crippen molar-refractivity contribution in [1.29, 1.82) is 0 Å². The molecule has 5 nitrogen and oxygen atoms in total. The number of benzene rings is 1. The van der Waals surface area contributed by atoms with E-state index in [9.17, 15) is 14.7 Å². The first-order chi connectivity index (χ1) is 9.52. The van der Waals surface area contributed by atoms with Crippen molar-refractivity contribution in [1.82, 2.24) is 4.90 Å². The van der Waals surface area contributed by atoms with Crippen LogP contribution in [0.5, 0.6) is 0 Å². The average molecular weight is 297 g/mol. The van der Waals surface area contributed by atoms with Crippen molar-refractivity contribution < 1.29 is 14.7 Å². The highest BCUT2D eigenvalue weighted by Gasteiger charge is 2.31. The number of rotatable bonds is 2. The number of nitrogens with zero attached hydrogens (tertiary/aromatic N) is 1. The number of hydrogen-bond donors (Lipinski definition) is 2. The van der Waals surface area contributed by atoms with Crippen molar-refractivity contribution in [2.75, 3.05) is 18.5 Å². The lowest BCUT2D eigenvalue weighted by molar-refractivity contribution is -0.144. The Morgan fingerprint density at radius 1 is 1.50 bits per heavy atom. The lowest BCUT2D eigenvalue weighted by Crippen LogP contribution is -2.43. The fraction of sp³-hybridized carbons (Fsp3) is 0.429. The van der Waals surface area contributed by atoms with E-state index in [-0.39, 0.29) is 12.6 Å². The van der Waals surface area contributed by atoms with Gasteiger partial charge >= 0.3 is 11.8 Å². The number of nitrogens with one attached hydrogen (secondary N) is 1. The van der Waals surface area contributed by atoms with Gasteiger partial charge in [-0.05, 0) is 37.5 Å². The summed E-state index contributed by atoms with van der Waals surface area (Å²) in [5.41, 5.74) is 1.38. The lowest BCUT2D eigenvalue weighted by Gasteiger charge is -2.22. The molecule has 20 heavy (non-hydrogen) atoms. The van der Waals surface area contributed by atoms with Crippen molar-refractivity contribution in [3.05, 3.63) is 28.8 Å². The van der Waals surface area contributed by atoms with Gasteiger partial charge in [-0.3, -0.25) is 9.59 Å². The van der Waals surface area contributed by atoms with E-state index in [2.05, 4.69) is 5.32 Å². The highest BCUT2D eigenvalue weighted by Crippen LogP contribution is 2.21. The first-order valence-corrected chi connectivity index (χ1v) is 6.89. The van der Waals surface area contributed by atoms with Gasteiger partial charge in [-0.25, -0.2) is 0 Å². The van der Waals surface area contributed by atoms with Gasteiger partial charge in [-0.15, -0.1) is 0 Å². The highest BCUT2D eigenvalue weighted by molar-refractivity contribution is 6.40. The van der Waals surface area contributed by atoms with Crippen LogP contribution in [0.2, 0.25) is 5.02 Å². The minimum absolute atomic E-state index is 0.116. The van der Waals surface area contributed by atoms with Gasteiger partial charge in [0.2, 0.25) is 0 Å². The van der Waals surface area contributed by atoms with Crippen LogP contribution in [0.1, 0.15) is 18.4 Å². The second kappa shape index (κ2) is 6.24. The Bertz CT molecular complexity index is 533. The molecule has 2 N–H and O–H groups in total. The van der Waals surface area contributed by atoms with E-state index in [0.29, 0.717) is 17.3 Å². The van der Waals surface area contributed by atoms with Gasteiger partial charge in [0.05, 0.1) is 12.6 Å². The van der Waals surface area contributed by atoms with Crippen LogP contribution in [0.3, 0.4) is 0 Å². The molecular weight excluding hydrogens is 280 g/mol. The number of aryl methyl sites for hydroxylation is 1. The van der Waals surface area contributed by atoms with E-state index < -0.39 is 11.8 Å².